The molecule has 1 atom stereocenters. The Hall–Kier alpha value is -2.13. The minimum Gasteiger partial charge on any atom is -0.388 e. The average molecular weight is 426 g/mol. The summed E-state index contributed by atoms with van der Waals surface area (Å²) < 4.78 is 8.23. The Kier molecular flexibility index (Phi) is 5.95. The highest BCUT2D eigenvalue weighted by atomic mass is 35.5. The summed E-state index contributed by atoms with van der Waals surface area (Å²) in [4.78, 5) is 20.6. The van der Waals surface area contributed by atoms with Crippen LogP contribution in [0.2, 0.25) is 10.3 Å². The summed E-state index contributed by atoms with van der Waals surface area (Å²) >= 11 is 11.9. The smallest absolute Gasteiger partial charge is 0.328 e. The van der Waals surface area contributed by atoms with Crippen LogP contribution in [0.15, 0.2) is 29.2 Å². The van der Waals surface area contributed by atoms with Crippen molar-refractivity contribution < 1.29 is 9.84 Å². The largest absolute Gasteiger partial charge is 0.388 e. The maximum Gasteiger partial charge on any atom is 0.328 e. The lowest BCUT2D eigenvalue weighted by Gasteiger charge is -2.22. The van der Waals surface area contributed by atoms with Crippen molar-refractivity contribution in [2.45, 2.75) is 25.5 Å². The lowest BCUT2D eigenvalue weighted by atomic mass is 10.0. The molecule has 0 spiro atoms. The van der Waals surface area contributed by atoms with E-state index in [-0.39, 0.29) is 17.6 Å². The van der Waals surface area contributed by atoms with Gasteiger partial charge in [0.25, 0.3) is 0 Å². The Morgan fingerprint density at radius 2 is 2.07 bits per heavy atom. The minimum atomic E-state index is -1.03. The van der Waals surface area contributed by atoms with Gasteiger partial charge in [0.1, 0.15) is 5.02 Å². The number of aliphatic hydroxyl groups is 1. The first kappa shape index (κ1) is 20.6. The zero-order valence-electron chi connectivity index (χ0n) is 15.7. The first-order chi connectivity index (χ1) is 13.2. The maximum atomic E-state index is 12.7. The van der Waals surface area contributed by atoms with Gasteiger partial charge in [0.15, 0.2) is 5.82 Å². The molecule has 0 aliphatic heterocycles. The van der Waals surface area contributed by atoms with Crippen LogP contribution in [0.4, 0.5) is 11.5 Å². The van der Waals surface area contributed by atoms with Crippen LogP contribution in [0.3, 0.4) is 0 Å². The molecule has 0 saturated carbocycles. The zero-order valence-corrected chi connectivity index (χ0v) is 17.3. The number of aryl methyl sites for hydroxylation is 2. The fourth-order valence-electron chi connectivity index (χ4n) is 3.01. The van der Waals surface area contributed by atoms with Crippen molar-refractivity contribution in [1.29, 1.82) is 0 Å². The second-order valence-electron chi connectivity index (χ2n) is 6.84. The minimum absolute atomic E-state index is 0.0740. The number of rotatable bonds is 7. The number of hydrogen-bond acceptors (Lipinski definition) is 6. The number of fused-ring (bicyclic) bond motifs is 1. The summed E-state index contributed by atoms with van der Waals surface area (Å²) in [6, 6.07) is 5.48. The van der Waals surface area contributed by atoms with Gasteiger partial charge in [0.2, 0.25) is 5.28 Å². The molecule has 2 heterocycles. The van der Waals surface area contributed by atoms with Crippen LogP contribution in [-0.4, -0.2) is 43.5 Å². The zero-order chi connectivity index (χ0) is 20.5. The topological polar surface area (TPSA) is 94.2 Å². The van der Waals surface area contributed by atoms with Gasteiger partial charge < -0.3 is 15.2 Å². The Morgan fingerprint density at radius 1 is 1.32 bits per heavy atom. The van der Waals surface area contributed by atoms with Gasteiger partial charge in [0, 0.05) is 26.4 Å². The molecule has 2 N–H and O–H groups in total. The third-order valence-corrected chi connectivity index (χ3v) is 4.91. The quantitative estimate of drug-likeness (QED) is 0.565. The SMILES string of the molecule is COCC(C)(O)CCn1c(=O)n(C)c2ccc(Nc3nc(Cl)ncc3Cl)cc21. The number of nitrogens with zero attached hydrogens (tertiary/aromatic N) is 4. The van der Waals surface area contributed by atoms with Crippen LogP contribution in [0.5, 0.6) is 0 Å². The molecular weight excluding hydrogens is 405 g/mol. The number of hydrogen-bond donors (Lipinski definition) is 2. The normalized spacial score (nSPS) is 13.6. The van der Waals surface area contributed by atoms with Crippen LogP contribution in [-0.2, 0) is 18.3 Å². The highest BCUT2D eigenvalue weighted by Crippen LogP contribution is 2.26. The molecule has 10 heteroatoms. The number of aromatic nitrogens is 4. The number of imidazole rings is 1. The van der Waals surface area contributed by atoms with Crippen LogP contribution < -0.4 is 11.0 Å². The highest BCUT2D eigenvalue weighted by Gasteiger charge is 2.21. The third-order valence-electron chi connectivity index (χ3n) is 4.45. The van der Waals surface area contributed by atoms with Crippen molar-refractivity contribution in [2.75, 3.05) is 19.0 Å². The molecule has 1 aromatic carbocycles. The molecule has 150 valence electrons. The van der Waals surface area contributed by atoms with Gasteiger partial charge in [-0.3, -0.25) is 9.13 Å². The Balaban J connectivity index is 1.96. The summed E-state index contributed by atoms with van der Waals surface area (Å²) in [6.45, 7) is 2.21. The van der Waals surface area contributed by atoms with E-state index in [1.54, 1.807) is 23.1 Å². The number of nitrogens with one attached hydrogen (secondary N) is 1. The predicted octanol–water partition coefficient (Wildman–Crippen LogP) is 2.97. The molecule has 0 bridgehead atoms. The van der Waals surface area contributed by atoms with E-state index in [2.05, 4.69) is 15.3 Å². The second-order valence-corrected chi connectivity index (χ2v) is 7.58. The summed E-state index contributed by atoms with van der Waals surface area (Å²) in [6.07, 6.45) is 1.78. The van der Waals surface area contributed by atoms with E-state index in [0.29, 0.717) is 29.5 Å². The summed E-state index contributed by atoms with van der Waals surface area (Å²) in [5, 5.41) is 13.8. The van der Waals surface area contributed by atoms with E-state index in [4.69, 9.17) is 27.9 Å². The van der Waals surface area contributed by atoms with Crippen molar-refractivity contribution in [3.8, 4) is 0 Å². The second kappa shape index (κ2) is 8.08. The molecular formula is C18H21Cl2N5O3. The average Bonchev–Trinajstić information content (AvgIpc) is 2.87. The maximum absolute atomic E-state index is 12.7. The van der Waals surface area contributed by atoms with Crippen molar-refractivity contribution in [1.82, 2.24) is 19.1 Å². The van der Waals surface area contributed by atoms with Gasteiger partial charge >= 0.3 is 5.69 Å². The van der Waals surface area contributed by atoms with E-state index in [1.807, 2.05) is 18.2 Å². The van der Waals surface area contributed by atoms with Crippen molar-refractivity contribution in [2.24, 2.45) is 7.05 Å². The monoisotopic (exact) mass is 425 g/mol. The van der Waals surface area contributed by atoms with Gasteiger partial charge in [-0.25, -0.2) is 9.78 Å². The summed E-state index contributed by atoms with van der Waals surface area (Å²) in [5.74, 6) is 0.369. The fourth-order valence-corrected chi connectivity index (χ4v) is 3.28. The van der Waals surface area contributed by atoms with E-state index in [0.717, 1.165) is 11.0 Å². The summed E-state index contributed by atoms with van der Waals surface area (Å²) in [7, 11) is 3.24. The van der Waals surface area contributed by atoms with Crippen LogP contribution in [0, 0.1) is 0 Å². The van der Waals surface area contributed by atoms with E-state index < -0.39 is 5.60 Å². The van der Waals surface area contributed by atoms with E-state index >= 15 is 0 Å². The van der Waals surface area contributed by atoms with Gasteiger partial charge in [-0.05, 0) is 43.1 Å². The Labute approximate surface area is 171 Å². The first-order valence-corrected chi connectivity index (χ1v) is 9.33. The van der Waals surface area contributed by atoms with E-state index in [1.165, 1.54) is 13.3 Å². The number of benzene rings is 1. The summed E-state index contributed by atoms with van der Waals surface area (Å²) in [5.41, 5.74) is 0.989. The van der Waals surface area contributed by atoms with Gasteiger partial charge in [0.05, 0.1) is 29.4 Å². The van der Waals surface area contributed by atoms with Crippen LogP contribution in [0.1, 0.15) is 13.3 Å². The highest BCUT2D eigenvalue weighted by molar-refractivity contribution is 6.33. The first-order valence-electron chi connectivity index (χ1n) is 8.57. The molecule has 0 saturated heterocycles. The van der Waals surface area contributed by atoms with Gasteiger partial charge in [-0.2, -0.15) is 4.98 Å². The van der Waals surface area contributed by atoms with Gasteiger partial charge in [-0.1, -0.05) is 11.6 Å². The standard InChI is InChI=1S/C18H21Cl2N5O3/c1-18(27,10-28-3)6-7-25-14-8-11(4-5-13(14)24(2)17(25)26)22-15-12(19)9-21-16(20)23-15/h4-5,8-9,27H,6-7,10H2,1-3H3,(H,21,22,23). The Morgan fingerprint density at radius 3 is 2.79 bits per heavy atom. The Bertz CT molecular complexity index is 1060. The number of ether oxygens (including phenoxy) is 1. The van der Waals surface area contributed by atoms with Crippen molar-refractivity contribution in [3.05, 3.63) is 45.2 Å². The molecule has 0 aliphatic carbocycles. The lowest BCUT2D eigenvalue weighted by molar-refractivity contribution is -0.0252. The molecule has 28 heavy (non-hydrogen) atoms. The molecule has 0 amide bonds. The van der Waals surface area contributed by atoms with Crippen molar-refractivity contribution in [3.63, 3.8) is 0 Å². The number of halogens is 2. The molecule has 0 fully saturated rings. The third kappa shape index (κ3) is 4.30. The molecule has 3 aromatic rings. The lowest BCUT2D eigenvalue weighted by Crippen LogP contribution is -2.33. The van der Waals surface area contributed by atoms with Crippen molar-refractivity contribution >= 4 is 45.7 Å². The molecule has 3 rings (SSSR count). The van der Waals surface area contributed by atoms with Gasteiger partial charge in [-0.15, -0.1) is 0 Å². The molecule has 1 unspecified atom stereocenters. The fraction of sp³-hybridized carbons (Fsp3) is 0.389. The number of anilines is 2. The van der Waals surface area contributed by atoms with Crippen LogP contribution in [0.25, 0.3) is 11.0 Å². The molecule has 8 nitrogen and oxygen atoms in total. The number of methoxy groups -OCH3 is 1. The van der Waals surface area contributed by atoms with Crippen LogP contribution >= 0.6 is 23.2 Å². The van der Waals surface area contributed by atoms with E-state index in [9.17, 15) is 9.90 Å². The predicted molar refractivity (Wildman–Crippen MR) is 110 cm³/mol. The molecule has 0 radical (unpaired) electrons. The molecule has 0 aliphatic rings. The molecule has 2 aromatic heterocycles.